The second-order valence-corrected chi connectivity index (χ2v) is 5.43. The van der Waals surface area contributed by atoms with Gasteiger partial charge in [-0.1, -0.05) is 17.7 Å². The number of aromatic nitrogens is 2. The molecule has 0 atom stereocenters. The van der Waals surface area contributed by atoms with Crippen LogP contribution in [0.15, 0.2) is 29.8 Å². The third-order valence-electron chi connectivity index (χ3n) is 3.26. The molecule has 1 aromatic heterocycles. The zero-order chi connectivity index (χ0) is 14.9. The molecule has 0 spiro atoms. The topological polar surface area (TPSA) is 101 Å². The van der Waals surface area contributed by atoms with Gasteiger partial charge in [0.1, 0.15) is 0 Å². The molecular formula is C13H15ClN2O4. The van der Waals surface area contributed by atoms with E-state index in [0.717, 1.165) is 6.54 Å². The first-order chi connectivity index (χ1) is 9.27. The van der Waals surface area contributed by atoms with E-state index < -0.39 is 10.2 Å². The van der Waals surface area contributed by atoms with E-state index >= 15 is 0 Å². The molecule has 20 heavy (non-hydrogen) atoms. The molecule has 2 heterocycles. The van der Waals surface area contributed by atoms with Gasteiger partial charge in [-0.2, -0.15) is 0 Å². The number of allylic oxidation sites excluding steroid dienone is 1. The lowest BCUT2D eigenvalue weighted by molar-refractivity contribution is -2.00. The van der Waals surface area contributed by atoms with E-state index in [1.165, 1.54) is 28.9 Å². The second kappa shape index (κ2) is 5.51. The Kier molecular flexibility index (Phi) is 4.12. The van der Waals surface area contributed by atoms with Crippen molar-refractivity contribution in [1.29, 1.82) is 0 Å². The van der Waals surface area contributed by atoms with Crippen LogP contribution in [0.2, 0.25) is 0 Å². The molecule has 0 radical (unpaired) electrons. The number of rotatable bonds is 0. The number of para-hydroxylation sites is 2. The largest absolute Gasteiger partial charge is 0.282 e. The standard InChI is InChI=1S/C13H15N2.ClHO4/c1-10-7-8-15-12-6-4-3-5-11(12)14(2)13(15)9-10;2-1(3,4)5/h3-6,9H,7-8H2,1-2H3;(H,2,3,4,5)/q+1;/p-1. The number of benzene rings is 1. The van der Waals surface area contributed by atoms with Crippen molar-refractivity contribution in [3.8, 4) is 0 Å². The summed E-state index contributed by atoms with van der Waals surface area (Å²) in [7, 11) is -2.80. The van der Waals surface area contributed by atoms with Crippen molar-refractivity contribution in [2.45, 2.75) is 19.9 Å². The molecule has 2 aromatic rings. The number of imidazole rings is 1. The SMILES string of the molecule is CC1=Cc2n(C)c3ccccc3[n+]2CC1.[O-][Cl+3]([O-])([O-])[O-]. The Labute approximate surface area is 118 Å². The highest BCUT2D eigenvalue weighted by atomic mass is 35.7. The molecule has 0 aliphatic carbocycles. The Balaban J connectivity index is 0.000000257. The smallest absolute Gasteiger partial charge is 0.226 e. The molecule has 3 rings (SSSR count). The highest BCUT2D eigenvalue weighted by Crippen LogP contribution is 2.19. The molecule has 0 saturated heterocycles. The van der Waals surface area contributed by atoms with Gasteiger partial charge in [0.05, 0.1) is 13.6 Å². The highest BCUT2D eigenvalue weighted by Gasteiger charge is 2.23. The molecular weight excluding hydrogens is 284 g/mol. The molecule has 1 aliphatic rings. The first-order valence-corrected chi connectivity index (χ1v) is 7.27. The summed E-state index contributed by atoms with van der Waals surface area (Å²) in [5.41, 5.74) is 4.14. The zero-order valence-electron chi connectivity index (χ0n) is 11.2. The average Bonchev–Trinajstić information content (AvgIpc) is 2.62. The molecule has 0 fully saturated rings. The van der Waals surface area contributed by atoms with E-state index in [9.17, 15) is 0 Å². The van der Waals surface area contributed by atoms with Crippen molar-refractivity contribution in [3.63, 3.8) is 0 Å². The Morgan fingerprint density at radius 1 is 1.15 bits per heavy atom. The molecule has 0 bridgehead atoms. The van der Waals surface area contributed by atoms with Gasteiger partial charge < -0.3 is 0 Å². The quantitative estimate of drug-likeness (QED) is 0.502. The normalized spacial score (nSPS) is 14.4. The Morgan fingerprint density at radius 3 is 2.40 bits per heavy atom. The summed E-state index contributed by atoms with van der Waals surface area (Å²) in [6.45, 7) is 3.32. The minimum atomic E-state index is -4.94. The van der Waals surface area contributed by atoms with E-state index in [2.05, 4.69) is 53.4 Å². The first kappa shape index (κ1) is 15.0. The van der Waals surface area contributed by atoms with Gasteiger partial charge in [0.2, 0.25) is 0 Å². The fraction of sp³-hybridized carbons (Fsp3) is 0.308. The van der Waals surface area contributed by atoms with Crippen molar-refractivity contribution in [2.24, 2.45) is 7.05 Å². The lowest BCUT2D eigenvalue weighted by atomic mass is 10.1. The van der Waals surface area contributed by atoms with Crippen LogP contribution >= 0.6 is 0 Å². The number of nitrogens with zero attached hydrogens (tertiary/aromatic N) is 2. The fourth-order valence-electron chi connectivity index (χ4n) is 2.39. The summed E-state index contributed by atoms with van der Waals surface area (Å²) in [6, 6.07) is 8.60. The fourth-order valence-corrected chi connectivity index (χ4v) is 2.39. The van der Waals surface area contributed by atoms with Crippen molar-refractivity contribution < 1.29 is 33.4 Å². The van der Waals surface area contributed by atoms with E-state index in [1.54, 1.807) is 0 Å². The summed E-state index contributed by atoms with van der Waals surface area (Å²) < 4.78 is 38.7. The van der Waals surface area contributed by atoms with Crippen LogP contribution in [0.1, 0.15) is 19.2 Å². The second-order valence-electron chi connectivity index (χ2n) is 4.68. The van der Waals surface area contributed by atoms with Gasteiger partial charge in [0.15, 0.2) is 11.0 Å². The lowest BCUT2D eigenvalue weighted by Gasteiger charge is -2.17. The van der Waals surface area contributed by atoms with Crippen LogP contribution in [0, 0.1) is 10.2 Å². The van der Waals surface area contributed by atoms with Crippen LogP contribution in [-0.4, -0.2) is 4.57 Å². The van der Waals surface area contributed by atoms with Gasteiger partial charge in [-0.3, -0.25) is 0 Å². The highest BCUT2D eigenvalue weighted by molar-refractivity contribution is 5.73. The van der Waals surface area contributed by atoms with Gasteiger partial charge in [-0.15, -0.1) is 10.2 Å². The van der Waals surface area contributed by atoms with E-state index in [1.807, 2.05) is 0 Å². The van der Waals surface area contributed by atoms with Crippen LogP contribution in [0.25, 0.3) is 17.1 Å². The number of hydrogen-bond donors (Lipinski definition) is 0. The van der Waals surface area contributed by atoms with Crippen LogP contribution < -0.4 is 23.2 Å². The Morgan fingerprint density at radius 2 is 1.75 bits per heavy atom. The zero-order valence-corrected chi connectivity index (χ0v) is 12.0. The number of halogens is 1. The Bertz CT molecular complexity index is 652. The minimum absolute atomic E-state index is 1.11. The van der Waals surface area contributed by atoms with E-state index in [-0.39, 0.29) is 0 Å². The van der Waals surface area contributed by atoms with Crippen LogP contribution in [0.5, 0.6) is 0 Å². The number of fused-ring (bicyclic) bond motifs is 3. The molecule has 1 aromatic carbocycles. The molecule has 0 saturated carbocycles. The number of aryl methyl sites for hydroxylation is 2. The molecule has 7 heteroatoms. The van der Waals surface area contributed by atoms with Crippen LogP contribution in [0.3, 0.4) is 0 Å². The average molecular weight is 299 g/mol. The lowest BCUT2D eigenvalue weighted by Crippen LogP contribution is -2.68. The molecule has 0 N–H and O–H groups in total. The predicted octanol–water partition coefficient (Wildman–Crippen LogP) is -2.48. The third-order valence-corrected chi connectivity index (χ3v) is 3.26. The summed E-state index contributed by atoms with van der Waals surface area (Å²) in [5, 5.41) is 0. The summed E-state index contributed by atoms with van der Waals surface area (Å²) in [6.07, 6.45) is 3.47. The van der Waals surface area contributed by atoms with Gasteiger partial charge in [-0.05, 0) is 19.1 Å². The maximum Gasteiger partial charge on any atom is 0.282 e. The van der Waals surface area contributed by atoms with Crippen molar-refractivity contribution in [2.75, 3.05) is 0 Å². The molecule has 1 aliphatic heterocycles. The summed E-state index contributed by atoms with van der Waals surface area (Å²) in [5.74, 6) is 1.32. The van der Waals surface area contributed by atoms with E-state index in [4.69, 9.17) is 18.6 Å². The molecule has 0 unspecified atom stereocenters. The van der Waals surface area contributed by atoms with Crippen molar-refractivity contribution in [1.82, 2.24) is 4.57 Å². The van der Waals surface area contributed by atoms with Gasteiger partial charge in [-0.25, -0.2) is 27.8 Å². The molecule has 0 amide bonds. The number of hydrogen-bond acceptors (Lipinski definition) is 4. The van der Waals surface area contributed by atoms with Crippen LogP contribution in [-0.2, 0) is 13.6 Å². The van der Waals surface area contributed by atoms with Gasteiger partial charge in [0.25, 0.3) is 5.82 Å². The van der Waals surface area contributed by atoms with Crippen molar-refractivity contribution >= 4 is 17.1 Å². The monoisotopic (exact) mass is 298 g/mol. The van der Waals surface area contributed by atoms with Crippen LogP contribution in [0.4, 0.5) is 0 Å². The van der Waals surface area contributed by atoms with E-state index in [0.29, 0.717) is 0 Å². The molecule has 6 nitrogen and oxygen atoms in total. The van der Waals surface area contributed by atoms with Crippen molar-refractivity contribution in [3.05, 3.63) is 35.7 Å². The molecule has 108 valence electrons. The van der Waals surface area contributed by atoms with Gasteiger partial charge in [0, 0.05) is 12.5 Å². The first-order valence-electron chi connectivity index (χ1n) is 6.03. The summed E-state index contributed by atoms with van der Waals surface area (Å²) >= 11 is 0. The maximum atomic E-state index is 8.49. The minimum Gasteiger partial charge on any atom is -0.226 e. The summed E-state index contributed by atoms with van der Waals surface area (Å²) in [4.78, 5) is 0. The third kappa shape index (κ3) is 3.36. The maximum absolute atomic E-state index is 8.49. The predicted molar refractivity (Wildman–Crippen MR) is 61.4 cm³/mol. The Hall–Kier alpha value is -1.44. The van der Waals surface area contributed by atoms with Gasteiger partial charge >= 0.3 is 0 Å².